The Kier molecular flexibility index (Phi) is 51.5. The molecule has 0 rings (SSSR count). The normalized spacial score (nSPS) is 13.4. The molecule has 3 unspecified atom stereocenters. The summed E-state index contributed by atoms with van der Waals surface area (Å²) in [6.07, 6.45) is 63.5. The smallest absolute Gasteiger partial charge is 0.306 e. The van der Waals surface area contributed by atoms with Crippen LogP contribution >= 0.6 is 0 Å². The lowest BCUT2D eigenvalue weighted by Crippen LogP contribution is -2.46. The molecule has 0 aliphatic heterocycles. The third kappa shape index (κ3) is 48.3. The number of rotatable bonds is 52. The Hall–Kier alpha value is -1.92. The average molecular weight is 915 g/mol. The molecule has 6 nitrogen and oxygen atoms in total. The van der Waals surface area contributed by atoms with E-state index in [-0.39, 0.29) is 24.9 Å². The highest BCUT2D eigenvalue weighted by atomic mass is 16.5. The van der Waals surface area contributed by atoms with Gasteiger partial charge in [0.2, 0.25) is 5.91 Å². The van der Waals surface area contributed by atoms with Crippen molar-refractivity contribution in [1.29, 1.82) is 0 Å². The lowest BCUT2D eigenvalue weighted by Gasteiger charge is -2.24. The van der Waals surface area contributed by atoms with Crippen LogP contribution in [0.25, 0.3) is 0 Å². The highest BCUT2D eigenvalue weighted by Crippen LogP contribution is 2.19. The molecule has 0 heterocycles. The molecule has 382 valence electrons. The molecule has 0 fully saturated rings. The van der Waals surface area contributed by atoms with Crippen LogP contribution in [-0.4, -0.2) is 46.9 Å². The molecule has 0 aromatic carbocycles. The van der Waals surface area contributed by atoms with Crippen molar-refractivity contribution in [3.05, 3.63) is 36.5 Å². The second-order valence-electron chi connectivity index (χ2n) is 19.8. The Labute approximate surface area is 404 Å². The van der Waals surface area contributed by atoms with Crippen LogP contribution in [0.5, 0.6) is 0 Å². The second-order valence-corrected chi connectivity index (χ2v) is 19.8. The van der Waals surface area contributed by atoms with Crippen molar-refractivity contribution < 1.29 is 24.5 Å². The summed E-state index contributed by atoms with van der Waals surface area (Å²) >= 11 is 0. The predicted molar refractivity (Wildman–Crippen MR) is 282 cm³/mol. The quantitative estimate of drug-likeness (QED) is 0.0321. The number of hydrogen-bond acceptors (Lipinski definition) is 5. The van der Waals surface area contributed by atoms with Gasteiger partial charge in [0.15, 0.2) is 0 Å². The number of ether oxygens (including phenoxy) is 1. The Morgan fingerprint density at radius 1 is 0.446 bits per heavy atom. The Balaban J connectivity index is 4.57. The lowest BCUT2D eigenvalue weighted by molar-refractivity contribution is -0.151. The Bertz CT molecular complexity index is 1070. The number of nitrogens with one attached hydrogen (secondary N) is 1. The molecule has 65 heavy (non-hydrogen) atoms. The molecule has 1 amide bonds. The summed E-state index contributed by atoms with van der Waals surface area (Å²) in [5.41, 5.74) is 0. The number of hydrogen-bond donors (Lipinski definition) is 3. The summed E-state index contributed by atoms with van der Waals surface area (Å²) in [4.78, 5) is 26.3. The standard InChI is InChI=1S/C59H111NO5/c1-4-7-10-13-16-19-22-24-26-28-30-32-34-37-40-43-46-49-52-59(64)65-55(50-47-44-41-38-36-33-31-29-27-25-23-20-17-14-11-8-5-2)53-58(63)60-56(54-61)57(62)51-48-45-42-39-35-21-18-15-12-9-6-3/h22,24,26,28,30,32,55-57,61-62H,4-21,23,25,27,29,31,33-54H2,1-3H3,(H,60,63)/b24-22+,28-26+,32-30+. The highest BCUT2D eigenvalue weighted by molar-refractivity contribution is 5.77. The minimum absolute atomic E-state index is 0.0738. The van der Waals surface area contributed by atoms with Crippen molar-refractivity contribution in [3.63, 3.8) is 0 Å². The van der Waals surface area contributed by atoms with E-state index < -0.39 is 18.2 Å². The van der Waals surface area contributed by atoms with Crippen molar-refractivity contribution in [3.8, 4) is 0 Å². The SMILES string of the molecule is CCCCCCC/C=C/C=C/C=C/CCCCCCCC(=O)OC(CCCCCCCCCCCCCCCCCCC)CC(=O)NC(CO)C(O)CCCCCCCCCCCCC. The lowest BCUT2D eigenvalue weighted by atomic mass is 10.0. The van der Waals surface area contributed by atoms with E-state index in [0.29, 0.717) is 19.3 Å². The maximum Gasteiger partial charge on any atom is 0.306 e. The van der Waals surface area contributed by atoms with Gasteiger partial charge in [-0.15, -0.1) is 0 Å². The Morgan fingerprint density at radius 2 is 0.785 bits per heavy atom. The van der Waals surface area contributed by atoms with E-state index in [1.54, 1.807) is 0 Å². The minimum Gasteiger partial charge on any atom is -0.462 e. The third-order valence-corrected chi connectivity index (χ3v) is 13.3. The second kappa shape index (κ2) is 53.0. The number of carbonyl (C=O) groups is 2. The van der Waals surface area contributed by atoms with Gasteiger partial charge in [-0.3, -0.25) is 9.59 Å². The molecule has 3 atom stereocenters. The molecule has 0 aliphatic carbocycles. The van der Waals surface area contributed by atoms with E-state index in [4.69, 9.17) is 4.74 Å². The molecular formula is C59H111NO5. The number of aliphatic hydroxyl groups excluding tert-OH is 2. The summed E-state index contributed by atoms with van der Waals surface area (Å²) in [6, 6.07) is -0.703. The first kappa shape index (κ1) is 63.1. The van der Waals surface area contributed by atoms with Crippen molar-refractivity contribution in [2.24, 2.45) is 0 Å². The summed E-state index contributed by atoms with van der Waals surface area (Å²) in [7, 11) is 0. The summed E-state index contributed by atoms with van der Waals surface area (Å²) in [5, 5.41) is 23.8. The van der Waals surface area contributed by atoms with Crippen LogP contribution in [0.4, 0.5) is 0 Å². The van der Waals surface area contributed by atoms with E-state index in [1.165, 1.54) is 186 Å². The van der Waals surface area contributed by atoms with Crippen LogP contribution in [0.3, 0.4) is 0 Å². The van der Waals surface area contributed by atoms with Crippen molar-refractivity contribution in [2.45, 2.75) is 322 Å². The average Bonchev–Trinajstić information content (AvgIpc) is 3.30. The number of unbranched alkanes of at least 4 members (excludes halogenated alkanes) is 36. The molecule has 3 N–H and O–H groups in total. The van der Waals surface area contributed by atoms with E-state index in [0.717, 1.165) is 70.6 Å². The monoisotopic (exact) mass is 914 g/mol. The molecule has 0 saturated carbocycles. The molecule has 0 radical (unpaired) electrons. The van der Waals surface area contributed by atoms with Crippen LogP contribution in [0.2, 0.25) is 0 Å². The maximum absolute atomic E-state index is 13.2. The van der Waals surface area contributed by atoms with E-state index in [1.807, 2.05) is 0 Å². The zero-order valence-corrected chi connectivity index (χ0v) is 43.6. The first-order valence-corrected chi connectivity index (χ1v) is 28.7. The number of allylic oxidation sites excluding steroid dienone is 6. The van der Waals surface area contributed by atoms with Crippen LogP contribution < -0.4 is 5.32 Å². The first-order valence-electron chi connectivity index (χ1n) is 28.7. The van der Waals surface area contributed by atoms with E-state index in [2.05, 4.69) is 62.5 Å². The van der Waals surface area contributed by atoms with Crippen LogP contribution in [-0.2, 0) is 14.3 Å². The fraction of sp³-hybridized carbons (Fsp3) is 0.864. The van der Waals surface area contributed by atoms with Crippen molar-refractivity contribution >= 4 is 11.9 Å². The number of aliphatic hydroxyl groups is 2. The zero-order valence-electron chi connectivity index (χ0n) is 43.6. The number of carbonyl (C=O) groups excluding carboxylic acids is 2. The van der Waals surface area contributed by atoms with Crippen molar-refractivity contribution in [2.75, 3.05) is 6.61 Å². The van der Waals surface area contributed by atoms with Crippen LogP contribution in [0.1, 0.15) is 303 Å². The van der Waals surface area contributed by atoms with Gasteiger partial charge in [-0.25, -0.2) is 0 Å². The molecule has 6 heteroatoms. The molecule has 0 saturated heterocycles. The zero-order chi connectivity index (χ0) is 47.4. The summed E-state index contributed by atoms with van der Waals surface area (Å²) in [5.74, 6) is -0.480. The van der Waals surface area contributed by atoms with Gasteiger partial charge in [-0.2, -0.15) is 0 Å². The number of amides is 1. The van der Waals surface area contributed by atoms with Crippen LogP contribution in [0.15, 0.2) is 36.5 Å². The molecule has 0 bridgehead atoms. The van der Waals surface area contributed by atoms with Gasteiger partial charge >= 0.3 is 5.97 Å². The fourth-order valence-electron chi connectivity index (χ4n) is 8.90. The van der Waals surface area contributed by atoms with Gasteiger partial charge in [-0.05, 0) is 51.4 Å². The van der Waals surface area contributed by atoms with Gasteiger partial charge < -0.3 is 20.3 Å². The van der Waals surface area contributed by atoms with Gasteiger partial charge in [0.1, 0.15) is 6.10 Å². The number of esters is 1. The molecule has 0 aromatic rings. The topological polar surface area (TPSA) is 95.9 Å². The minimum atomic E-state index is -0.788. The maximum atomic E-state index is 13.2. The van der Waals surface area contributed by atoms with Gasteiger partial charge in [0.05, 0.1) is 25.2 Å². The molecular weight excluding hydrogens is 803 g/mol. The molecule has 0 spiro atoms. The largest absolute Gasteiger partial charge is 0.462 e. The summed E-state index contributed by atoms with van der Waals surface area (Å²) < 4.78 is 5.96. The van der Waals surface area contributed by atoms with E-state index in [9.17, 15) is 19.8 Å². The van der Waals surface area contributed by atoms with Crippen LogP contribution in [0, 0.1) is 0 Å². The molecule has 0 aromatic heterocycles. The van der Waals surface area contributed by atoms with Gasteiger partial charge in [-0.1, -0.05) is 276 Å². The fourth-order valence-corrected chi connectivity index (χ4v) is 8.90. The highest BCUT2D eigenvalue weighted by Gasteiger charge is 2.24. The van der Waals surface area contributed by atoms with E-state index >= 15 is 0 Å². The van der Waals surface area contributed by atoms with Gasteiger partial charge in [0.25, 0.3) is 0 Å². The third-order valence-electron chi connectivity index (χ3n) is 13.3. The predicted octanol–water partition coefficient (Wildman–Crippen LogP) is 17.6. The van der Waals surface area contributed by atoms with Crippen molar-refractivity contribution in [1.82, 2.24) is 5.32 Å². The Morgan fingerprint density at radius 3 is 1.17 bits per heavy atom. The first-order chi connectivity index (χ1) is 32.0. The molecule has 0 aliphatic rings. The van der Waals surface area contributed by atoms with Gasteiger partial charge in [0, 0.05) is 6.42 Å². The summed E-state index contributed by atoms with van der Waals surface area (Å²) in [6.45, 7) is 6.49.